The fourth-order valence-corrected chi connectivity index (χ4v) is 5.57. The predicted octanol–water partition coefficient (Wildman–Crippen LogP) is 2.97. The van der Waals surface area contributed by atoms with Crippen LogP contribution in [0.1, 0.15) is 0 Å². The SMILES string of the molecule is CN(C)c1ccc2c(=O)n(-c3ccc(NC(=O)NS(=O)(=O)c4ccc(Cl)s4)cc3)c(=O)[nH]c2c1. The lowest BCUT2D eigenvalue weighted by atomic mass is 10.2. The largest absolute Gasteiger partial charge is 0.378 e. The number of hydrogen-bond acceptors (Lipinski definition) is 7. The Morgan fingerprint density at radius 3 is 2.38 bits per heavy atom. The molecule has 0 saturated heterocycles. The molecule has 0 aliphatic heterocycles. The van der Waals surface area contributed by atoms with E-state index >= 15 is 0 Å². The van der Waals surface area contributed by atoms with Gasteiger partial charge in [-0.3, -0.25) is 4.79 Å². The number of carbonyl (C=O) groups is 1. The zero-order valence-electron chi connectivity index (χ0n) is 17.8. The number of nitrogens with zero attached hydrogens (tertiary/aromatic N) is 2. The molecule has 0 aliphatic carbocycles. The van der Waals surface area contributed by atoms with E-state index in [-0.39, 0.29) is 19.9 Å². The number of fused-ring (bicyclic) bond motifs is 1. The maximum atomic E-state index is 13.0. The number of amides is 2. The van der Waals surface area contributed by atoms with Crippen LogP contribution in [0, 0.1) is 0 Å². The molecule has 34 heavy (non-hydrogen) atoms. The van der Waals surface area contributed by atoms with Gasteiger partial charge in [0.05, 0.1) is 20.9 Å². The standard InChI is InChI=1S/C21H18ClN5O5S2/c1-26(2)14-7-8-15-16(11-14)24-21(30)27(19(15)28)13-5-3-12(4-6-13)23-20(29)25-34(31,32)18-10-9-17(22)33-18/h3-11H,1-2H3,(H,24,30)(H2,23,25,29). The fourth-order valence-electron chi connectivity index (χ4n) is 3.18. The monoisotopic (exact) mass is 519 g/mol. The molecule has 0 unspecified atom stereocenters. The molecule has 0 bridgehead atoms. The molecular weight excluding hydrogens is 502 g/mol. The Balaban J connectivity index is 1.57. The molecule has 176 valence electrons. The van der Waals surface area contributed by atoms with Crippen molar-refractivity contribution in [3.8, 4) is 5.69 Å². The lowest BCUT2D eigenvalue weighted by Gasteiger charge is -2.13. The first-order valence-electron chi connectivity index (χ1n) is 9.71. The Labute approximate surface area is 202 Å². The molecule has 4 rings (SSSR count). The average molecular weight is 520 g/mol. The highest BCUT2D eigenvalue weighted by Crippen LogP contribution is 2.25. The van der Waals surface area contributed by atoms with Crippen molar-refractivity contribution in [2.45, 2.75) is 4.21 Å². The first-order valence-corrected chi connectivity index (χ1v) is 12.4. The summed E-state index contributed by atoms with van der Waals surface area (Å²) in [4.78, 5) is 42.3. The third-order valence-corrected chi connectivity index (χ3v) is 7.88. The molecule has 2 aromatic carbocycles. The summed E-state index contributed by atoms with van der Waals surface area (Å²) in [5.41, 5.74) is 0.660. The van der Waals surface area contributed by atoms with Crippen molar-refractivity contribution in [1.82, 2.24) is 14.3 Å². The average Bonchev–Trinajstić information content (AvgIpc) is 3.21. The van der Waals surface area contributed by atoms with Crippen molar-refractivity contribution in [2.24, 2.45) is 0 Å². The summed E-state index contributed by atoms with van der Waals surface area (Å²) >= 11 is 6.56. The molecule has 2 heterocycles. The highest BCUT2D eigenvalue weighted by molar-refractivity contribution is 7.92. The van der Waals surface area contributed by atoms with E-state index in [1.165, 1.54) is 36.4 Å². The van der Waals surface area contributed by atoms with Gasteiger partial charge in [-0.05, 0) is 54.6 Å². The van der Waals surface area contributed by atoms with Crippen LogP contribution in [0.4, 0.5) is 16.2 Å². The predicted molar refractivity (Wildman–Crippen MR) is 133 cm³/mol. The number of sulfonamides is 1. The number of urea groups is 1. The van der Waals surface area contributed by atoms with E-state index in [9.17, 15) is 22.8 Å². The smallest absolute Gasteiger partial charge is 0.333 e. The molecule has 4 aromatic rings. The number of thiophene rings is 1. The molecule has 0 saturated carbocycles. The Hall–Kier alpha value is -3.61. The van der Waals surface area contributed by atoms with Crippen LogP contribution >= 0.6 is 22.9 Å². The van der Waals surface area contributed by atoms with Crippen LogP contribution in [-0.4, -0.2) is 38.1 Å². The lowest BCUT2D eigenvalue weighted by molar-refractivity contribution is 0.256. The first-order chi connectivity index (χ1) is 16.0. The Morgan fingerprint density at radius 1 is 1.06 bits per heavy atom. The van der Waals surface area contributed by atoms with Crippen molar-refractivity contribution in [2.75, 3.05) is 24.3 Å². The molecule has 0 fully saturated rings. The number of H-pyrrole nitrogens is 1. The van der Waals surface area contributed by atoms with Crippen molar-refractivity contribution in [3.05, 3.63) is 79.8 Å². The van der Waals surface area contributed by atoms with Crippen LogP contribution < -0.4 is 26.2 Å². The molecule has 0 atom stereocenters. The highest BCUT2D eigenvalue weighted by atomic mass is 35.5. The summed E-state index contributed by atoms with van der Waals surface area (Å²) in [6.45, 7) is 0. The number of aromatic nitrogens is 2. The molecule has 10 nitrogen and oxygen atoms in total. The van der Waals surface area contributed by atoms with Gasteiger partial charge in [0, 0.05) is 25.5 Å². The van der Waals surface area contributed by atoms with E-state index in [1.54, 1.807) is 18.2 Å². The minimum absolute atomic E-state index is 0.101. The number of aromatic amines is 1. The van der Waals surface area contributed by atoms with Crippen LogP contribution in [0.3, 0.4) is 0 Å². The van der Waals surface area contributed by atoms with Gasteiger partial charge in [0.1, 0.15) is 4.21 Å². The van der Waals surface area contributed by atoms with Crippen LogP contribution in [-0.2, 0) is 10.0 Å². The maximum Gasteiger partial charge on any atom is 0.333 e. The molecule has 0 radical (unpaired) electrons. The molecular formula is C21H18ClN5O5S2. The number of halogens is 1. The molecule has 3 N–H and O–H groups in total. The third kappa shape index (κ3) is 4.69. The van der Waals surface area contributed by atoms with Crippen molar-refractivity contribution >= 4 is 61.3 Å². The normalized spacial score (nSPS) is 11.4. The minimum atomic E-state index is -4.07. The van der Waals surface area contributed by atoms with Gasteiger partial charge in [-0.15, -0.1) is 11.3 Å². The lowest BCUT2D eigenvalue weighted by Crippen LogP contribution is -2.34. The van der Waals surface area contributed by atoms with Crippen LogP contribution in [0.25, 0.3) is 16.6 Å². The number of hydrogen-bond donors (Lipinski definition) is 3. The van der Waals surface area contributed by atoms with Gasteiger partial charge in [-0.1, -0.05) is 11.6 Å². The van der Waals surface area contributed by atoms with Gasteiger partial charge >= 0.3 is 11.7 Å². The van der Waals surface area contributed by atoms with Gasteiger partial charge < -0.3 is 15.2 Å². The Kier molecular flexibility index (Phi) is 6.21. The fraction of sp³-hybridized carbons (Fsp3) is 0.0952. The second kappa shape index (κ2) is 8.97. The van der Waals surface area contributed by atoms with Gasteiger partial charge in [-0.2, -0.15) is 0 Å². The maximum absolute atomic E-state index is 13.0. The molecule has 2 aromatic heterocycles. The van der Waals surface area contributed by atoms with E-state index in [0.29, 0.717) is 10.9 Å². The number of carbonyl (C=O) groups excluding carboxylic acids is 1. The molecule has 0 aliphatic rings. The Bertz CT molecular complexity index is 1620. The summed E-state index contributed by atoms with van der Waals surface area (Å²) in [5, 5.41) is 2.73. The topological polar surface area (TPSA) is 133 Å². The van der Waals surface area contributed by atoms with Crippen molar-refractivity contribution in [3.63, 3.8) is 0 Å². The van der Waals surface area contributed by atoms with E-state index in [0.717, 1.165) is 21.6 Å². The number of anilines is 2. The summed E-state index contributed by atoms with van der Waals surface area (Å²) < 4.78 is 27.5. The third-order valence-electron chi connectivity index (χ3n) is 4.82. The summed E-state index contributed by atoms with van der Waals surface area (Å²) in [6.07, 6.45) is 0. The first kappa shape index (κ1) is 23.5. The summed E-state index contributed by atoms with van der Waals surface area (Å²) in [5.74, 6) is 0. The van der Waals surface area contributed by atoms with Crippen LogP contribution in [0.15, 0.2) is 68.4 Å². The number of benzene rings is 2. The van der Waals surface area contributed by atoms with Gasteiger partial charge in [0.25, 0.3) is 15.6 Å². The molecule has 13 heteroatoms. The second-order valence-electron chi connectivity index (χ2n) is 7.36. The highest BCUT2D eigenvalue weighted by Gasteiger charge is 2.20. The van der Waals surface area contributed by atoms with Gasteiger partial charge in [0.2, 0.25) is 0 Å². The van der Waals surface area contributed by atoms with Crippen molar-refractivity contribution < 1.29 is 13.2 Å². The van der Waals surface area contributed by atoms with Crippen LogP contribution in [0.5, 0.6) is 0 Å². The van der Waals surface area contributed by atoms with E-state index in [2.05, 4.69) is 10.3 Å². The van der Waals surface area contributed by atoms with E-state index in [1.807, 2.05) is 23.7 Å². The second-order valence-corrected chi connectivity index (χ2v) is 11.0. The summed E-state index contributed by atoms with van der Waals surface area (Å²) in [6, 6.07) is 12.6. The zero-order valence-corrected chi connectivity index (χ0v) is 20.2. The van der Waals surface area contributed by atoms with Gasteiger partial charge in [-0.25, -0.2) is 27.3 Å². The van der Waals surface area contributed by atoms with Gasteiger partial charge in [0.15, 0.2) is 0 Å². The summed E-state index contributed by atoms with van der Waals surface area (Å²) in [7, 11) is -0.371. The van der Waals surface area contributed by atoms with E-state index in [4.69, 9.17) is 11.6 Å². The molecule has 0 spiro atoms. The quantitative estimate of drug-likeness (QED) is 0.371. The number of rotatable bonds is 5. The molecule has 2 amide bonds. The van der Waals surface area contributed by atoms with Crippen molar-refractivity contribution in [1.29, 1.82) is 0 Å². The zero-order chi connectivity index (χ0) is 24.6. The van der Waals surface area contributed by atoms with Crippen LogP contribution in [0.2, 0.25) is 4.34 Å². The minimum Gasteiger partial charge on any atom is -0.378 e. The number of nitrogens with one attached hydrogen (secondary N) is 3. The van der Waals surface area contributed by atoms with E-state index < -0.39 is 27.3 Å². The Morgan fingerprint density at radius 2 is 1.76 bits per heavy atom.